The molecule has 0 aromatic carbocycles. The summed E-state index contributed by atoms with van der Waals surface area (Å²) in [5, 5.41) is 12.3. The van der Waals surface area contributed by atoms with Gasteiger partial charge in [-0.2, -0.15) is 0 Å². The minimum Gasteiger partial charge on any atom is -0.396 e. The van der Waals surface area contributed by atoms with Crippen molar-refractivity contribution in [3.63, 3.8) is 0 Å². The van der Waals surface area contributed by atoms with Gasteiger partial charge < -0.3 is 15.3 Å². The van der Waals surface area contributed by atoms with E-state index in [0.29, 0.717) is 6.42 Å². The van der Waals surface area contributed by atoms with Gasteiger partial charge in [0, 0.05) is 37.4 Å². The van der Waals surface area contributed by atoms with Crippen molar-refractivity contribution in [2.75, 3.05) is 24.6 Å². The zero-order valence-corrected chi connectivity index (χ0v) is 14.5. The molecule has 1 amide bonds. The van der Waals surface area contributed by atoms with Crippen LogP contribution in [0.2, 0.25) is 0 Å². The van der Waals surface area contributed by atoms with Crippen molar-refractivity contribution in [2.45, 2.75) is 52.0 Å². The fourth-order valence-electron chi connectivity index (χ4n) is 2.99. The first-order valence-electron chi connectivity index (χ1n) is 8.58. The Morgan fingerprint density at radius 3 is 2.65 bits per heavy atom. The van der Waals surface area contributed by atoms with Crippen LogP contribution in [0.15, 0.2) is 18.3 Å². The van der Waals surface area contributed by atoms with Crippen LogP contribution in [0.25, 0.3) is 0 Å². The third-order valence-corrected chi connectivity index (χ3v) is 4.95. The predicted octanol–water partition coefficient (Wildman–Crippen LogP) is 2.27. The molecule has 1 fully saturated rings. The Bertz CT molecular complexity index is 510. The van der Waals surface area contributed by atoms with Crippen LogP contribution in [-0.2, 0) is 4.79 Å². The number of hydrogen-bond acceptors (Lipinski definition) is 4. The quantitative estimate of drug-likeness (QED) is 0.844. The van der Waals surface area contributed by atoms with E-state index in [1.807, 2.05) is 33.0 Å². The van der Waals surface area contributed by atoms with Gasteiger partial charge in [-0.15, -0.1) is 0 Å². The molecular weight excluding hydrogens is 290 g/mol. The van der Waals surface area contributed by atoms with Gasteiger partial charge in [0.1, 0.15) is 5.82 Å². The predicted molar refractivity (Wildman–Crippen MR) is 92.5 cm³/mol. The van der Waals surface area contributed by atoms with Crippen LogP contribution in [0.4, 0.5) is 5.82 Å². The first-order valence-corrected chi connectivity index (χ1v) is 8.58. The molecule has 1 aromatic heterocycles. The molecule has 2 heterocycles. The fraction of sp³-hybridized carbons (Fsp3) is 0.667. The first kappa shape index (κ1) is 17.7. The van der Waals surface area contributed by atoms with Crippen molar-refractivity contribution in [2.24, 2.45) is 5.92 Å². The number of rotatable bonds is 6. The van der Waals surface area contributed by atoms with Gasteiger partial charge in [0.05, 0.1) is 0 Å². The molecule has 2 rings (SSSR count). The molecule has 1 aliphatic heterocycles. The standard InChI is InChI=1S/C18H29N3O2/c1-4-18(3,9-12-22)20-17(23)15-7-10-21(11-8-15)16-6-5-14(2)13-19-16/h5-6,13,15,22H,4,7-12H2,1-3H3,(H,20,23). The molecule has 1 aromatic rings. The third kappa shape index (κ3) is 4.67. The molecule has 5 nitrogen and oxygen atoms in total. The van der Waals surface area contributed by atoms with Gasteiger partial charge >= 0.3 is 0 Å². The Morgan fingerprint density at radius 1 is 1.43 bits per heavy atom. The second-order valence-electron chi connectivity index (χ2n) is 6.83. The number of amides is 1. The van der Waals surface area contributed by atoms with E-state index in [2.05, 4.69) is 21.3 Å². The van der Waals surface area contributed by atoms with Crippen molar-refractivity contribution in [1.29, 1.82) is 0 Å². The highest BCUT2D eigenvalue weighted by Gasteiger charge is 2.30. The molecule has 1 aliphatic rings. The number of hydrogen-bond donors (Lipinski definition) is 2. The number of pyridine rings is 1. The Hall–Kier alpha value is -1.62. The number of nitrogens with zero attached hydrogens (tertiary/aromatic N) is 2. The molecule has 128 valence electrons. The lowest BCUT2D eigenvalue weighted by atomic mass is 9.91. The van der Waals surface area contributed by atoms with Crippen LogP contribution >= 0.6 is 0 Å². The number of aryl methyl sites for hydroxylation is 1. The van der Waals surface area contributed by atoms with Crippen LogP contribution in [0.3, 0.4) is 0 Å². The average Bonchev–Trinajstić information content (AvgIpc) is 2.56. The maximum Gasteiger partial charge on any atom is 0.223 e. The summed E-state index contributed by atoms with van der Waals surface area (Å²) < 4.78 is 0. The number of carbonyl (C=O) groups excluding carboxylic acids is 1. The Kier molecular flexibility index (Phi) is 5.99. The number of piperidine rings is 1. The fourth-order valence-corrected chi connectivity index (χ4v) is 2.99. The second-order valence-corrected chi connectivity index (χ2v) is 6.83. The van der Waals surface area contributed by atoms with Crippen molar-refractivity contribution in [3.8, 4) is 0 Å². The normalized spacial score (nSPS) is 18.5. The van der Waals surface area contributed by atoms with Crippen molar-refractivity contribution in [3.05, 3.63) is 23.9 Å². The Balaban J connectivity index is 1.88. The minimum atomic E-state index is -0.304. The monoisotopic (exact) mass is 319 g/mol. The van der Waals surface area contributed by atoms with Gasteiger partial charge in [0.15, 0.2) is 0 Å². The van der Waals surface area contributed by atoms with Gasteiger partial charge in [-0.3, -0.25) is 4.79 Å². The molecule has 1 atom stereocenters. The maximum absolute atomic E-state index is 12.5. The summed E-state index contributed by atoms with van der Waals surface area (Å²) in [5.41, 5.74) is 0.854. The number of anilines is 1. The number of aliphatic hydroxyl groups excluding tert-OH is 1. The Labute approximate surface area is 139 Å². The van der Waals surface area contributed by atoms with E-state index in [1.54, 1.807) is 0 Å². The summed E-state index contributed by atoms with van der Waals surface area (Å²) in [6.07, 6.45) is 5.00. The van der Waals surface area contributed by atoms with E-state index in [9.17, 15) is 9.90 Å². The molecule has 0 aliphatic carbocycles. The van der Waals surface area contributed by atoms with Crippen molar-refractivity contribution < 1.29 is 9.90 Å². The maximum atomic E-state index is 12.5. The molecule has 23 heavy (non-hydrogen) atoms. The molecular formula is C18H29N3O2. The van der Waals surface area contributed by atoms with Crippen molar-refractivity contribution in [1.82, 2.24) is 10.3 Å². The Morgan fingerprint density at radius 2 is 2.13 bits per heavy atom. The zero-order valence-electron chi connectivity index (χ0n) is 14.5. The summed E-state index contributed by atoms with van der Waals surface area (Å²) in [4.78, 5) is 19.2. The van der Waals surface area contributed by atoms with Crippen LogP contribution < -0.4 is 10.2 Å². The highest BCUT2D eigenvalue weighted by Crippen LogP contribution is 2.23. The second kappa shape index (κ2) is 7.77. The third-order valence-electron chi connectivity index (χ3n) is 4.95. The number of carbonyl (C=O) groups is 1. The largest absolute Gasteiger partial charge is 0.396 e. The number of nitrogens with one attached hydrogen (secondary N) is 1. The van der Waals surface area contributed by atoms with Crippen LogP contribution in [-0.4, -0.2) is 41.2 Å². The van der Waals surface area contributed by atoms with E-state index < -0.39 is 0 Å². The van der Waals surface area contributed by atoms with Gasteiger partial charge in [-0.05, 0) is 51.2 Å². The zero-order chi connectivity index (χ0) is 16.9. The molecule has 0 bridgehead atoms. The summed E-state index contributed by atoms with van der Waals surface area (Å²) >= 11 is 0. The van der Waals surface area contributed by atoms with Gasteiger partial charge in [0.25, 0.3) is 0 Å². The minimum absolute atomic E-state index is 0.0567. The lowest BCUT2D eigenvalue weighted by molar-refractivity contribution is -0.127. The average molecular weight is 319 g/mol. The lowest BCUT2D eigenvalue weighted by Gasteiger charge is -2.35. The van der Waals surface area contributed by atoms with Gasteiger partial charge in [-0.25, -0.2) is 4.98 Å². The molecule has 0 radical (unpaired) electrons. The summed E-state index contributed by atoms with van der Waals surface area (Å²) in [5.74, 6) is 1.17. The lowest BCUT2D eigenvalue weighted by Crippen LogP contribution is -2.50. The molecule has 1 unspecified atom stereocenters. The van der Waals surface area contributed by atoms with E-state index in [1.165, 1.54) is 0 Å². The van der Waals surface area contributed by atoms with E-state index in [0.717, 1.165) is 43.7 Å². The topological polar surface area (TPSA) is 65.5 Å². The van der Waals surface area contributed by atoms with Crippen LogP contribution in [0, 0.1) is 12.8 Å². The molecule has 1 saturated heterocycles. The highest BCUT2D eigenvalue weighted by atomic mass is 16.3. The van der Waals surface area contributed by atoms with E-state index in [4.69, 9.17) is 0 Å². The highest BCUT2D eigenvalue weighted by molar-refractivity contribution is 5.79. The summed E-state index contributed by atoms with van der Waals surface area (Å²) in [7, 11) is 0. The first-order chi connectivity index (χ1) is 11.0. The van der Waals surface area contributed by atoms with E-state index >= 15 is 0 Å². The van der Waals surface area contributed by atoms with Gasteiger partial charge in [0.2, 0.25) is 5.91 Å². The van der Waals surface area contributed by atoms with E-state index in [-0.39, 0.29) is 24.0 Å². The smallest absolute Gasteiger partial charge is 0.223 e. The molecule has 5 heteroatoms. The SMILES string of the molecule is CCC(C)(CCO)NC(=O)C1CCN(c2ccc(C)cn2)CC1. The van der Waals surface area contributed by atoms with Crippen molar-refractivity contribution >= 4 is 11.7 Å². The molecule has 0 spiro atoms. The number of aromatic nitrogens is 1. The summed E-state index contributed by atoms with van der Waals surface area (Å²) in [6.45, 7) is 7.90. The number of aliphatic hydroxyl groups is 1. The van der Waals surface area contributed by atoms with Crippen LogP contribution in [0.5, 0.6) is 0 Å². The van der Waals surface area contributed by atoms with Crippen LogP contribution in [0.1, 0.15) is 45.1 Å². The van der Waals surface area contributed by atoms with Gasteiger partial charge in [-0.1, -0.05) is 13.0 Å². The summed E-state index contributed by atoms with van der Waals surface area (Å²) in [6, 6.07) is 4.12. The molecule has 0 saturated carbocycles. The molecule has 2 N–H and O–H groups in total.